The molecular weight excluding hydrogens is 328 g/mol. The fourth-order valence-electron chi connectivity index (χ4n) is 2.75. The van der Waals surface area contributed by atoms with E-state index in [1.807, 2.05) is 0 Å². The number of piperidine rings is 1. The first-order chi connectivity index (χ1) is 12.1. The second-order valence-corrected chi connectivity index (χ2v) is 5.70. The van der Waals surface area contributed by atoms with Crippen molar-refractivity contribution in [2.45, 2.75) is 18.8 Å². The third-order valence-corrected chi connectivity index (χ3v) is 4.14. The van der Waals surface area contributed by atoms with Crippen LogP contribution >= 0.6 is 0 Å². The van der Waals surface area contributed by atoms with Crippen molar-refractivity contribution in [2.75, 3.05) is 19.6 Å². The van der Waals surface area contributed by atoms with E-state index in [-0.39, 0.29) is 29.9 Å². The van der Waals surface area contributed by atoms with E-state index in [1.54, 1.807) is 11.0 Å². The van der Waals surface area contributed by atoms with Gasteiger partial charge in [0.1, 0.15) is 6.54 Å². The van der Waals surface area contributed by atoms with Crippen LogP contribution in [-0.4, -0.2) is 50.8 Å². The molecule has 0 atom stereocenters. The molecule has 2 aromatic rings. The number of rotatable bonds is 4. The number of amides is 1. The molecule has 0 unspecified atom stereocenters. The topological polar surface area (TPSA) is 148 Å². The van der Waals surface area contributed by atoms with Crippen LogP contribution < -0.4 is 0 Å². The van der Waals surface area contributed by atoms with Crippen molar-refractivity contribution < 1.29 is 19.5 Å². The minimum absolute atomic E-state index is 0.0375. The van der Waals surface area contributed by atoms with Gasteiger partial charge in [-0.3, -0.25) is 4.79 Å². The summed E-state index contributed by atoms with van der Waals surface area (Å²) in [6.07, 6.45) is 1.34. The zero-order chi connectivity index (χ0) is 17.8. The standard InChI is InChI=1S/C15H16N6O4/c16-20-17-8-13(24)21-5-3-9(4-6-21)15-18-14(19-25-15)10-1-2-11(22)12(23)7-10/h1-2,7,9,22-23H,3-6,8H2. The molecule has 130 valence electrons. The molecule has 3 rings (SSSR count). The second-order valence-electron chi connectivity index (χ2n) is 5.70. The molecule has 1 aromatic carbocycles. The number of carbonyl (C=O) groups is 1. The Hall–Kier alpha value is -3.26. The van der Waals surface area contributed by atoms with Gasteiger partial charge < -0.3 is 19.6 Å². The van der Waals surface area contributed by atoms with Gasteiger partial charge in [-0.15, -0.1) is 0 Å². The van der Waals surface area contributed by atoms with E-state index >= 15 is 0 Å². The summed E-state index contributed by atoms with van der Waals surface area (Å²) < 4.78 is 5.31. The minimum Gasteiger partial charge on any atom is -0.504 e. The highest BCUT2D eigenvalue weighted by molar-refractivity contribution is 5.78. The Morgan fingerprint density at radius 1 is 1.36 bits per heavy atom. The third kappa shape index (κ3) is 3.64. The first-order valence-corrected chi connectivity index (χ1v) is 7.73. The van der Waals surface area contributed by atoms with Gasteiger partial charge in [-0.25, -0.2) is 0 Å². The van der Waals surface area contributed by atoms with E-state index < -0.39 is 0 Å². The number of aromatic hydroxyl groups is 2. The smallest absolute Gasteiger partial charge is 0.230 e. The second kappa shape index (κ2) is 7.10. The lowest BCUT2D eigenvalue weighted by Gasteiger charge is -2.30. The Morgan fingerprint density at radius 2 is 2.12 bits per heavy atom. The third-order valence-electron chi connectivity index (χ3n) is 4.14. The van der Waals surface area contributed by atoms with Gasteiger partial charge in [-0.2, -0.15) is 4.98 Å². The van der Waals surface area contributed by atoms with Crippen molar-refractivity contribution in [1.29, 1.82) is 0 Å². The van der Waals surface area contributed by atoms with E-state index in [2.05, 4.69) is 20.2 Å². The number of hydrogen-bond acceptors (Lipinski definition) is 7. The Bertz CT molecular complexity index is 821. The van der Waals surface area contributed by atoms with Crippen LogP contribution in [0, 0.1) is 0 Å². The minimum atomic E-state index is -0.254. The van der Waals surface area contributed by atoms with Gasteiger partial charge in [0.25, 0.3) is 0 Å². The summed E-state index contributed by atoms with van der Waals surface area (Å²) in [7, 11) is 0. The molecule has 0 radical (unpaired) electrons. The first-order valence-electron chi connectivity index (χ1n) is 7.73. The normalized spacial score (nSPS) is 15.0. The molecule has 25 heavy (non-hydrogen) atoms. The van der Waals surface area contributed by atoms with Gasteiger partial charge in [-0.05, 0) is 36.6 Å². The zero-order valence-electron chi connectivity index (χ0n) is 13.2. The highest BCUT2D eigenvalue weighted by Crippen LogP contribution is 2.31. The predicted molar refractivity (Wildman–Crippen MR) is 85.6 cm³/mol. The Balaban J connectivity index is 1.65. The summed E-state index contributed by atoms with van der Waals surface area (Å²) in [5.74, 6) is 0.176. The quantitative estimate of drug-likeness (QED) is 0.376. The van der Waals surface area contributed by atoms with Crippen molar-refractivity contribution in [3.8, 4) is 22.9 Å². The maximum absolute atomic E-state index is 11.8. The lowest BCUT2D eigenvalue weighted by Crippen LogP contribution is -2.39. The number of azide groups is 1. The number of carbonyl (C=O) groups excluding carboxylic acids is 1. The summed E-state index contributed by atoms with van der Waals surface area (Å²) in [6.45, 7) is 0.889. The lowest BCUT2D eigenvalue weighted by molar-refractivity contribution is -0.130. The van der Waals surface area contributed by atoms with Crippen molar-refractivity contribution >= 4 is 5.91 Å². The van der Waals surface area contributed by atoms with Crippen LogP contribution in [-0.2, 0) is 4.79 Å². The predicted octanol–water partition coefficient (Wildman–Crippen LogP) is 2.16. The van der Waals surface area contributed by atoms with Crippen molar-refractivity contribution in [3.63, 3.8) is 0 Å². The van der Waals surface area contributed by atoms with E-state index in [1.165, 1.54) is 12.1 Å². The first kappa shape index (κ1) is 16.6. The van der Waals surface area contributed by atoms with Crippen LogP contribution in [0.25, 0.3) is 21.8 Å². The Labute approximate surface area is 142 Å². The van der Waals surface area contributed by atoms with Crippen LogP contribution in [0.3, 0.4) is 0 Å². The average Bonchev–Trinajstić information content (AvgIpc) is 3.12. The van der Waals surface area contributed by atoms with Gasteiger partial charge in [-0.1, -0.05) is 10.3 Å². The number of aromatic nitrogens is 2. The maximum Gasteiger partial charge on any atom is 0.230 e. The fourth-order valence-corrected chi connectivity index (χ4v) is 2.75. The summed E-state index contributed by atoms with van der Waals surface area (Å²) in [6, 6.07) is 4.30. The van der Waals surface area contributed by atoms with E-state index in [4.69, 9.17) is 10.1 Å². The zero-order valence-corrected chi connectivity index (χ0v) is 13.2. The van der Waals surface area contributed by atoms with E-state index in [0.29, 0.717) is 43.2 Å². The lowest BCUT2D eigenvalue weighted by atomic mass is 9.96. The van der Waals surface area contributed by atoms with Crippen molar-refractivity contribution in [2.24, 2.45) is 5.11 Å². The van der Waals surface area contributed by atoms with Crippen molar-refractivity contribution in [1.82, 2.24) is 15.0 Å². The summed E-state index contributed by atoms with van der Waals surface area (Å²) in [5.41, 5.74) is 8.80. The Morgan fingerprint density at radius 3 is 2.80 bits per heavy atom. The molecule has 0 spiro atoms. The molecule has 0 saturated carbocycles. The molecule has 1 fully saturated rings. The summed E-state index contributed by atoms with van der Waals surface area (Å²) in [4.78, 5) is 20.4. The molecule has 0 bridgehead atoms. The van der Waals surface area contributed by atoms with Crippen LogP contribution in [0.5, 0.6) is 11.5 Å². The monoisotopic (exact) mass is 344 g/mol. The molecule has 2 heterocycles. The van der Waals surface area contributed by atoms with Gasteiger partial charge in [0.2, 0.25) is 17.6 Å². The number of benzene rings is 1. The number of phenols is 2. The molecular formula is C15H16N6O4. The van der Waals surface area contributed by atoms with Gasteiger partial charge in [0, 0.05) is 29.5 Å². The number of nitrogens with zero attached hydrogens (tertiary/aromatic N) is 6. The molecule has 2 N–H and O–H groups in total. The summed E-state index contributed by atoms with van der Waals surface area (Å²) in [5, 5.41) is 26.1. The number of hydrogen-bond donors (Lipinski definition) is 2. The molecule has 1 saturated heterocycles. The molecule has 0 aliphatic carbocycles. The van der Waals surface area contributed by atoms with E-state index in [9.17, 15) is 15.0 Å². The van der Waals surface area contributed by atoms with Gasteiger partial charge in [0.15, 0.2) is 11.5 Å². The largest absolute Gasteiger partial charge is 0.504 e. The molecule has 1 amide bonds. The van der Waals surface area contributed by atoms with Crippen LogP contribution in [0.4, 0.5) is 0 Å². The van der Waals surface area contributed by atoms with Gasteiger partial charge in [0.05, 0.1) is 0 Å². The highest BCUT2D eigenvalue weighted by atomic mass is 16.5. The van der Waals surface area contributed by atoms with Gasteiger partial charge >= 0.3 is 0 Å². The summed E-state index contributed by atoms with van der Waals surface area (Å²) >= 11 is 0. The maximum atomic E-state index is 11.8. The average molecular weight is 344 g/mol. The highest BCUT2D eigenvalue weighted by Gasteiger charge is 2.27. The number of likely N-dealkylation sites (tertiary alicyclic amines) is 1. The number of phenolic OH excluding ortho intramolecular Hbond substituents is 2. The fraction of sp³-hybridized carbons (Fsp3) is 0.400. The molecule has 10 nitrogen and oxygen atoms in total. The molecule has 10 heteroatoms. The molecule has 1 aromatic heterocycles. The van der Waals surface area contributed by atoms with E-state index in [0.717, 1.165) is 0 Å². The van der Waals surface area contributed by atoms with Crippen LogP contribution in [0.2, 0.25) is 0 Å². The van der Waals surface area contributed by atoms with Crippen LogP contribution in [0.1, 0.15) is 24.7 Å². The SMILES string of the molecule is [N-]=[N+]=NCC(=O)N1CCC(c2nc(-c3ccc(O)c(O)c3)no2)CC1. The van der Waals surface area contributed by atoms with Crippen LogP contribution in [0.15, 0.2) is 27.8 Å². The van der Waals surface area contributed by atoms with Crippen molar-refractivity contribution in [3.05, 3.63) is 34.5 Å². The Kier molecular flexibility index (Phi) is 4.71. The molecule has 1 aliphatic rings. The molecule has 1 aliphatic heterocycles.